The Balaban J connectivity index is 1.32. The SMILES string of the molecule is C[C@@H](Cn1cnc2c(N)ncnc21)OCP(=O)(O)O[C@@H](C)Cn1cnc2c(N)ncnc21. The van der Waals surface area contributed by atoms with E-state index >= 15 is 0 Å². The van der Waals surface area contributed by atoms with Crippen molar-refractivity contribution >= 4 is 41.6 Å². The highest BCUT2D eigenvalue weighted by Crippen LogP contribution is 2.43. The lowest BCUT2D eigenvalue weighted by atomic mass is 10.4. The van der Waals surface area contributed by atoms with Crippen molar-refractivity contribution in [3.05, 3.63) is 25.3 Å². The molecule has 4 aromatic heterocycles. The van der Waals surface area contributed by atoms with E-state index in [0.717, 1.165) is 0 Å². The first-order valence-corrected chi connectivity index (χ1v) is 11.4. The summed E-state index contributed by atoms with van der Waals surface area (Å²) in [5.74, 6) is 0.543. The maximum atomic E-state index is 12.5. The van der Waals surface area contributed by atoms with Gasteiger partial charge in [-0.3, -0.25) is 4.57 Å². The average molecular weight is 462 g/mol. The third-order valence-corrected chi connectivity index (χ3v) is 5.80. The molecule has 0 aliphatic heterocycles. The number of nitrogens with zero attached hydrogens (tertiary/aromatic N) is 8. The second-order valence-electron chi connectivity index (χ2n) is 7.32. The van der Waals surface area contributed by atoms with E-state index in [9.17, 15) is 9.46 Å². The zero-order valence-electron chi connectivity index (χ0n) is 17.4. The van der Waals surface area contributed by atoms with Crippen molar-refractivity contribution in [3.63, 3.8) is 0 Å². The Hall–Kier alpha value is -3.19. The Morgan fingerprint density at radius 2 is 1.41 bits per heavy atom. The first-order valence-electron chi connectivity index (χ1n) is 9.68. The van der Waals surface area contributed by atoms with Gasteiger partial charge < -0.3 is 34.8 Å². The van der Waals surface area contributed by atoms with Gasteiger partial charge in [-0.2, -0.15) is 0 Å². The van der Waals surface area contributed by atoms with E-state index < -0.39 is 26.2 Å². The van der Waals surface area contributed by atoms with Gasteiger partial charge in [0.15, 0.2) is 22.9 Å². The monoisotopic (exact) mass is 462 g/mol. The first-order chi connectivity index (χ1) is 15.2. The molecule has 4 aromatic rings. The van der Waals surface area contributed by atoms with Crippen LogP contribution in [0, 0.1) is 0 Å². The third-order valence-electron chi connectivity index (χ3n) is 4.63. The van der Waals surface area contributed by atoms with Gasteiger partial charge in [-0.25, -0.2) is 29.9 Å². The van der Waals surface area contributed by atoms with Crippen LogP contribution in [0.2, 0.25) is 0 Å². The number of rotatable bonds is 9. The molecule has 15 heteroatoms. The van der Waals surface area contributed by atoms with Gasteiger partial charge in [0.1, 0.15) is 30.0 Å². The van der Waals surface area contributed by atoms with Gasteiger partial charge >= 0.3 is 7.60 Å². The summed E-state index contributed by atoms with van der Waals surface area (Å²) in [7, 11) is -4.02. The second kappa shape index (κ2) is 8.74. The Kier molecular flexibility index (Phi) is 6.02. The molecule has 4 heterocycles. The Morgan fingerprint density at radius 3 is 1.94 bits per heavy atom. The summed E-state index contributed by atoms with van der Waals surface area (Å²) >= 11 is 0. The highest BCUT2D eigenvalue weighted by Gasteiger charge is 2.25. The molecule has 0 amide bonds. The van der Waals surface area contributed by atoms with E-state index in [-0.39, 0.29) is 18.2 Å². The van der Waals surface area contributed by atoms with E-state index in [0.29, 0.717) is 28.9 Å². The van der Waals surface area contributed by atoms with Crippen molar-refractivity contribution in [3.8, 4) is 0 Å². The molecule has 170 valence electrons. The maximum absolute atomic E-state index is 12.5. The molecule has 1 unspecified atom stereocenters. The van der Waals surface area contributed by atoms with Gasteiger partial charge in [0.2, 0.25) is 0 Å². The number of ether oxygens (including phenoxy) is 1. The van der Waals surface area contributed by atoms with Crippen LogP contribution in [0.15, 0.2) is 25.3 Å². The molecule has 14 nitrogen and oxygen atoms in total. The molecular weight excluding hydrogens is 439 g/mol. The molecule has 5 N–H and O–H groups in total. The smallest absolute Gasteiger partial charge is 0.353 e. The van der Waals surface area contributed by atoms with E-state index in [1.54, 1.807) is 29.3 Å². The molecule has 0 saturated heterocycles. The number of fused-ring (bicyclic) bond motifs is 2. The van der Waals surface area contributed by atoms with Crippen molar-refractivity contribution in [2.75, 3.05) is 17.8 Å². The van der Waals surface area contributed by atoms with Crippen LogP contribution < -0.4 is 11.5 Å². The molecule has 0 spiro atoms. The molecular formula is C17H23N10O4P. The quantitative estimate of drug-likeness (QED) is 0.296. The number of imidazole rings is 2. The number of nitrogen functional groups attached to an aromatic ring is 2. The second-order valence-corrected chi connectivity index (χ2v) is 9.06. The van der Waals surface area contributed by atoms with Crippen LogP contribution in [-0.2, 0) is 26.9 Å². The van der Waals surface area contributed by atoms with Crippen LogP contribution in [0.25, 0.3) is 22.3 Å². The van der Waals surface area contributed by atoms with Crippen molar-refractivity contribution in [2.24, 2.45) is 0 Å². The van der Waals surface area contributed by atoms with Crippen LogP contribution in [0.3, 0.4) is 0 Å². The minimum Gasteiger partial charge on any atom is -0.382 e. The zero-order valence-corrected chi connectivity index (χ0v) is 18.3. The summed E-state index contributed by atoms with van der Waals surface area (Å²) in [6, 6.07) is 0. The highest BCUT2D eigenvalue weighted by molar-refractivity contribution is 7.52. The minimum absolute atomic E-state index is 0.245. The fourth-order valence-corrected chi connectivity index (χ4v) is 4.37. The lowest BCUT2D eigenvalue weighted by Crippen LogP contribution is -2.20. The average Bonchev–Trinajstić information content (AvgIpc) is 3.33. The van der Waals surface area contributed by atoms with Gasteiger partial charge in [-0.1, -0.05) is 0 Å². The van der Waals surface area contributed by atoms with Crippen LogP contribution in [0.4, 0.5) is 11.6 Å². The zero-order chi connectivity index (χ0) is 22.9. The normalized spacial score (nSPS) is 15.7. The molecule has 0 saturated carbocycles. The van der Waals surface area contributed by atoms with Crippen LogP contribution in [0.1, 0.15) is 13.8 Å². The summed E-state index contributed by atoms with van der Waals surface area (Å²) in [5, 5.41) is 0. The van der Waals surface area contributed by atoms with Crippen molar-refractivity contribution in [2.45, 2.75) is 39.1 Å². The molecule has 0 bridgehead atoms. The van der Waals surface area contributed by atoms with E-state index in [2.05, 4.69) is 29.9 Å². The maximum Gasteiger partial charge on any atom is 0.353 e. The summed E-state index contributed by atoms with van der Waals surface area (Å²) < 4.78 is 26.9. The molecule has 0 radical (unpaired) electrons. The fraction of sp³-hybridized carbons (Fsp3) is 0.412. The number of hydrogen-bond donors (Lipinski definition) is 3. The number of nitrogens with two attached hydrogens (primary N) is 2. The summed E-state index contributed by atoms with van der Waals surface area (Å²) in [5.41, 5.74) is 13.6. The van der Waals surface area contributed by atoms with Crippen molar-refractivity contribution in [1.29, 1.82) is 0 Å². The summed E-state index contributed by atoms with van der Waals surface area (Å²) in [4.78, 5) is 34.7. The Bertz CT molecular complexity index is 1290. The summed E-state index contributed by atoms with van der Waals surface area (Å²) in [6.07, 6.45) is 4.28. The minimum atomic E-state index is -4.02. The molecule has 32 heavy (non-hydrogen) atoms. The molecule has 0 aliphatic carbocycles. The molecule has 0 aliphatic rings. The van der Waals surface area contributed by atoms with Crippen LogP contribution >= 0.6 is 7.60 Å². The number of anilines is 2. The fourth-order valence-electron chi connectivity index (χ4n) is 3.24. The van der Waals surface area contributed by atoms with Gasteiger partial charge in [0.25, 0.3) is 0 Å². The standard InChI is InChI=1S/C17H23N10O4P/c1-10(3-26-7-24-12-14(18)20-5-22-16(12)26)30-9-32(28,29)31-11(2)4-27-8-25-13-15(19)21-6-23-17(13)27/h5-8,10-11H,3-4,9H2,1-2H3,(H,28,29)(H2,18,20,22)(H2,19,21,23)/t10-,11-/m0/s1. The first kappa shape index (κ1) is 22.0. The van der Waals surface area contributed by atoms with Crippen LogP contribution in [-0.4, -0.2) is 62.5 Å². The lowest BCUT2D eigenvalue weighted by Gasteiger charge is -2.20. The predicted molar refractivity (Wildman–Crippen MR) is 115 cm³/mol. The Labute approximate surface area is 182 Å². The van der Waals surface area contributed by atoms with Crippen molar-refractivity contribution in [1.82, 2.24) is 39.0 Å². The lowest BCUT2D eigenvalue weighted by molar-refractivity contribution is 0.0648. The largest absolute Gasteiger partial charge is 0.382 e. The summed E-state index contributed by atoms with van der Waals surface area (Å²) in [6.45, 7) is 4.03. The van der Waals surface area contributed by atoms with Gasteiger partial charge in [-0.05, 0) is 13.8 Å². The third kappa shape index (κ3) is 4.67. The van der Waals surface area contributed by atoms with E-state index in [1.807, 2.05) is 0 Å². The van der Waals surface area contributed by atoms with Gasteiger partial charge in [0.05, 0.1) is 38.0 Å². The number of hydrogen-bond acceptors (Lipinski definition) is 11. The van der Waals surface area contributed by atoms with Gasteiger partial charge in [0, 0.05) is 0 Å². The molecule has 3 atom stereocenters. The van der Waals surface area contributed by atoms with Crippen LogP contribution in [0.5, 0.6) is 0 Å². The molecule has 4 rings (SSSR count). The number of aromatic nitrogens is 8. The topological polar surface area (TPSA) is 195 Å². The molecule has 0 aromatic carbocycles. The highest BCUT2D eigenvalue weighted by atomic mass is 31.2. The Morgan fingerprint density at radius 1 is 0.906 bits per heavy atom. The van der Waals surface area contributed by atoms with E-state index in [4.69, 9.17) is 20.7 Å². The van der Waals surface area contributed by atoms with E-state index in [1.165, 1.54) is 19.0 Å². The van der Waals surface area contributed by atoms with Crippen molar-refractivity contribution < 1.29 is 18.7 Å². The molecule has 0 fully saturated rings. The predicted octanol–water partition coefficient (Wildman–Crippen LogP) is 0.784. The van der Waals surface area contributed by atoms with Gasteiger partial charge in [-0.15, -0.1) is 0 Å².